The predicted octanol–water partition coefficient (Wildman–Crippen LogP) is 5.01. The van der Waals surface area contributed by atoms with E-state index in [2.05, 4.69) is 10.3 Å². The quantitative estimate of drug-likeness (QED) is 0.384. The number of ether oxygens (including phenoxy) is 3. The maximum absolute atomic E-state index is 15.1. The normalized spacial score (nSPS) is 16.9. The fourth-order valence-electron chi connectivity index (χ4n) is 4.70. The second-order valence-corrected chi connectivity index (χ2v) is 9.53. The van der Waals surface area contributed by atoms with Crippen LogP contribution in [0, 0.1) is 5.82 Å². The van der Waals surface area contributed by atoms with Crippen molar-refractivity contribution in [3.05, 3.63) is 77.1 Å². The molecule has 1 N–H and O–H groups in total. The lowest BCUT2D eigenvalue weighted by molar-refractivity contribution is -0.119. The number of benzene rings is 3. The van der Waals surface area contributed by atoms with Crippen molar-refractivity contribution in [2.45, 2.75) is 12.0 Å². The second-order valence-electron chi connectivity index (χ2n) is 8.50. The van der Waals surface area contributed by atoms with Gasteiger partial charge in [-0.25, -0.2) is 9.37 Å². The van der Waals surface area contributed by atoms with Crippen molar-refractivity contribution in [3.63, 3.8) is 0 Å². The molecule has 4 aromatic rings. The van der Waals surface area contributed by atoms with E-state index in [1.54, 1.807) is 50.6 Å². The number of likely N-dealkylation sites (N-methyl/N-ethyl adjacent to an activating group) is 1. The molecule has 0 aliphatic carbocycles. The molecule has 190 valence electrons. The molecule has 37 heavy (non-hydrogen) atoms. The van der Waals surface area contributed by atoms with Crippen LogP contribution >= 0.6 is 11.3 Å². The highest BCUT2D eigenvalue weighted by Crippen LogP contribution is 2.46. The third-order valence-electron chi connectivity index (χ3n) is 6.51. The van der Waals surface area contributed by atoms with Crippen molar-refractivity contribution in [2.75, 3.05) is 33.7 Å². The summed E-state index contributed by atoms with van der Waals surface area (Å²) in [5.41, 5.74) is 1.62. The van der Waals surface area contributed by atoms with E-state index in [4.69, 9.17) is 14.2 Å². The van der Waals surface area contributed by atoms with Crippen LogP contribution in [0.5, 0.6) is 17.2 Å². The number of hydrogen-bond acceptors (Lipinski definition) is 7. The third kappa shape index (κ3) is 4.23. The minimum Gasteiger partial charge on any atom is -0.497 e. The predicted molar refractivity (Wildman–Crippen MR) is 138 cm³/mol. The molecule has 0 bridgehead atoms. The average molecular weight is 522 g/mol. The van der Waals surface area contributed by atoms with Gasteiger partial charge in [0.15, 0.2) is 16.6 Å². The van der Waals surface area contributed by atoms with Gasteiger partial charge in [0.05, 0.1) is 43.5 Å². The van der Waals surface area contributed by atoms with E-state index < -0.39 is 23.7 Å². The van der Waals surface area contributed by atoms with Crippen LogP contribution in [-0.4, -0.2) is 50.1 Å². The molecule has 1 aromatic heterocycles. The zero-order chi connectivity index (χ0) is 26.3. The number of hydrogen-bond donors (Lipinski definition) is 1. The Morgan fingerprint density at radius 3 is 2.43 bits per heavy atom. The molecule has 0 fully saturated rings. The zero-order valence-electron chi connectivity index (χ0n) is 20.6. The lowest BCUT2D eigenvalue weighted by Crippen LogP contribution is -2.44. The largest absolute Gasteiger partial charge is 0.497 e. The number of rotatable bonds is 6. The van der Waals surface area contributed by atoms with Crippen molar-refractivity contribution in [2.24, 2.45) is 0 Å². The van der Waals surface area contributed by atoms with E-state index in [9.17, 15) is 9.59 Å². The van der Waals surface area contributed by atoms with Crippen LogP contribution in [0.15, 0.2) is 54.6 Å². The molecule has 8 nitrogen and oxygen atoms in total. The number of thiazole rings is 1. The molecule has 1 aliphatic heterocycles. The first kappa shape index (κ1) is 24.5. The topological polar surface area (TPSA) is 90.0 Å². The Morgan fingerprint density at radius 2 is 1.73 bits per heavy atom. The molecular weight excluding hydrogens is 497 g/mol. The Morgan fingerprint density at radius 1 is 1.00 bits per heavy atom. The first-order valence-corrected chi connectivity index (χ1v) is 12.2. The van der Waals surface area contributed by atoms with E-state index in [-0.39, 0.29) is 17.0 Å². The van der Waals surface area contributed by atoms with Crippen molar-refractivity contribution in [1.29, 1.82) is 0 Å². The minimum atomic E-state index is -0.962. The highest BCUT2D eigenvalue weighted by atomic mass is 32.1. The first-order valence-electron chi connectivity index (χ1n) is 11.4. The van der Waals surface area contributed by atoms with Crippen molar-refractivity contribution in [1.82, 2.24) is 9.88 Å². The van der Waals surface area contributed by atoms with Crippen molar-refractivity contribution in [3.8, 4) is 17.2 Å². The summed E-state index contributed by atoms with van der Waals surface area (Å²) in [5.74, 6) is -0.886. The van der Waals surface area contributed by atoms with Crippen molar-refractivity contribution >= 4 is 38.5 Å². The monoisotopic (exact) mass is 521 g/mol. The molecule has 0 saturated heterocycles. The lowest BCUT2D eigenvalue weighted by Gasteiger charge is -2.40. The number of anilines is 1. The molecule has 0 saturated carbocycles. The second kappa shape index (κ2) is 9.70. The maximum atomic E-state index is 15.1. The molecule has 0 radical (unpaired) electrons. The summed E-state index contributed by atoms with van der Waals surface area (Å²) in [7, 11) is 6.08. The minimum absolute atomic E-state index is 0.230. The number of amides is 2. The van der Waals surface area contributed by atoms with Gasteiger partial charge in [-0.05, 0) is 42.0 Å². The summed E-state index contributed by atoms with van der Waals surface area (Å²) in [5, 5.41) is 3.27. The van der Waals surface area contributed by atoms with Crippen molar-refractivity contribution < 1.29 is 28.2 Å². The van der Waals surface area contributed by atoms with Gasteiger partial charge in [-0.2, -0.15) is 0 Å². The molecule has 2 atom stereocenters. The Balaban J connectivity index is 1.64. The summed E-state index contributed by atoms with van der Waals surface area (Å²) in [6.45, 7) is 0. The van der Waals surface area contributed by atoms with Crippen LogP contribution in [-0.2, 0) is 4.79 Å². The molecule has 2 heterocycles. The van der Waals surface area contributed by atoms with Crippen LogP contribution in [0.25, 0.3) is 10.2 Å². The summed E-state index contributed by atoms with van der Waals surface area (Å²) >= 11 is 1.29. The number of fused-ring (bicyclic) bond motifs is 2. The molecule has 1 aliphatic rings. The molecular formula is C27H24FN3O5S. The number of carbonyl (C=O) groups excluding carboxylic acids is 2. The van der Waals surface area contributed by atoms with Crippen LogP contribution < -0.4 is 19.5 Å². The zero-order valence-corrected chi connectivity index (χ0v) is 21.4. The molecule has 0 unspecified atom stereocenters. The van der Waals surface area contributed by atoms with Crippen LogP contribution in [0.1, 0.15) is 33.4 Å². The fourth-order valence-corrected chi connectivity index (χ4v) is 5.60. The number of nitrogens with zero attached hydrogens (tertiary/aromatic N) is 2. The van der Waals surface area contributed by atoms with Gasteiger partial charge in [0.2, 0.25) is 5.91 Å². The first-order chi connectivity index (χ1) is 17.9. The standard InChI is InChI=1S/C27H24FN3O5S/c1-31-24(15-7-5-6-8-18(15)28)23(16-12-20(35-3)21(36-4)13-17(16)26(31)33)25(32)30-27-29-19-10-9-14(34-2)11-22(19)37-27/h5-13,23-24H,1-4H3,(H,29,30,32)/t23-,24+/m0/s1. The van der Waals surface area contributed by atoms with Gasteiger partial charge in [0, 0.05) is 18.2 Å². The van der Waals surface area contributed by atoms with Crippen LogP contribution in [0.2, 0.25) is 0 Å². The molecule has 2 amide bonds. The molecule has 5 rings (SSSR count). The summed E-state index contributed by atoms with van der Waals surface area (Å²) in [6.07, 6.45) is 0. The SMILES string of the molecule is COc1ccc2nc(NC(=O)[C@H]3c4cc(OC)c(OC)cc4C(=O)N(C)[C@@H]3c3ccccc3F)sc2c1. The number of methoxy groups -OCH3 is 3. The number of aromatic nitrogens is 1. The Kier molecular flexibility index (Phi) is 6.43. The van der Waals surface area contributed by atoms with Gasteiger partial charge in [-0.3, -0.25) is 9.59 Å². The number of halogens is 1. The lowest BCUT2D eigenvalue weighted by atomic mass is 9.79. The Bertz CT molecular complexity index is 1520. The fraction of sp³-hybridized carbons (Fsp3) is 0.222. The van der Waals surface area contributed by atoms with Gasteiger partial charge in [-0.1, -0.05) is 29.5 Å². The maximum Gasteiger partial charge on any atom is 0.254 e. The van der Waals surface area contributed by atoms with Crippen LogP contribution in [0.3, 0.4) is 0 Å². The highest BCUT2D eigenvalue weighted by molar-refractivity contribution is 7.22. The van der Waals surface area contributed by atoms with Gasteiger partial charge in [-0.15, -0.1) is 0 Å². The summed E-state index contributed by atoms with van der Waals surface area (Å²) in [4.78, 5) is 33.3. The van der Waals surface area contributed by atoms with Gasteiger partial charge >= 0.3 is 0 Å². The molecule has 10 heteroatoms. The molecule has 3 aromatic carbocycles. The van der Waals surface area contributed by atoms with E-state index in [0.29, 0.717) is 33.5 Å². The van der Waals surface area contributed by atoms with Gasteiger partial charge in [0.1, 0.15) is 11.6 Å². The highest BCUT2D eigenvalue weighted by Gasteiger charge is 2.44. The molecule has 0 spiro atoms. The van der Waals surface area contributed by atoms with Gasteiger partial charge in [0.25, 0.3) is 5.91 Å². The van der Waals surface area contributed by atoms with E-state index >= 15 is 4.39 Å². The van der Waals surface area contributed by atoms with E-state index in [0.717, 1.165) is 4.70 Å². The Hall–Kier alpha value is -4.18. The van der Waals surface area contributed by atoms with E-state index in [1.165, 1.54) is 36.5 Å². The number of carbonyl (C=O) groups is 2. The summed E-state index contributed by atoms with van der Waals surface area (Å²) in [6, 6.07) is 13.8. The smallest absolute Gasteiger partial charge is 0.254 e. The third-order valence-corrected chi connectivity index (χ3v) is 7.44. The van der Waals surface area contributed by atoms with E-state index in [1.807, 2.05) is 12.1 Å². The van der Waals surface area contributed by atoms with Crippen LogP contribution in [0.4, 0.5) is 9.52 Å². The number of nitrogens with one attached hydrogen (secondary N) is 1. The summed E-state index contributed by atoms with van der Waals surface area (Å²) < 4.78 is 32.0. The average Bonchev–Trinajstić information content (AvgIpc) is 3.31. The van der Waals surface area contributed by atoms with Gasteiger partial charge < -0.3 is 24.4 Å². The Labute approximate surface area is 216 Å².